The van der Waals surface area contributed by atoms with Crippen molar-refractivity contribution in [1.82, 2.24) is 0 Å². The Morgan fingerprint density at radius 2 is 1.55 bits per heavy atom. The van der Waals surface area contributed by atoms with Crippen LogP contribution in [0.2, 0.25) is 0 Å². The molecular formula is C24H41F3P2+2. The van der Waals surface area contributed by atoms with Crippen LogP contribution in [0.3, 0.4) is 0 Å². The lowest BCUT2D eigenvalue weighted by molar-refractivity contribution is 0.310. The minimum absolute atomic E-state index is 0.408. The summed E-state index contributed by atoms with van der Waals surface area (Å²) in [7, 11) is -6.08. The van der Waals surface area contributed by atoms with Crippen LogP contribution < -0.4 is 0 Å². The Hall–Kier alpha value is -0.130. The first kappa shape index (κ1) is 25.1. The van der Waals surface area contributed by atoms with Crippen LogP contribution in [-0.2, 0) is 6.16 Å². The predicted molar refractivity (Wildman–Crippen MR) is 127 cm³/mol. The van der Waals surface area contributed by atoms with Gasteiger partial charge in [0.05, 0.1) is 24.6 Å². The van der Waals surface area contributed by atoms with Crippen molar-refractivity contribution in [1.29, 1.82) is 0 Å². The second-order valence-corrected chi connectivity index (χ2v) is 15.7. The van der Waals surface area contributed by atoms with Gasteiger partial charge in [-0.25, -0.2) is 0 Å². The zero-order chi connectivity index (χ0) is 21.5. The van der Waals surface area contributed by atoms with Gasteiger partial charge in [-0.05, 0) is 68.4 Å². The van der Waals surface area contributed by atoms with Crippen LogP contribution in [0.25, 0.3) is 0 Å². The normalized spacial score (nSPS) is 21.9. The van der Waals surface area contributed by atoms with E-state index >= 15 is 0 Å². The minimum atomic E-state index is -5.24. The van der Waals surface area contributed by atoms with Crippen molar-refractivity contribution in [3.63, 3.8) is 0 Å². The van der Waals surface area contributed by atoms with Gasteiger partial charge in [0.15, 0.2) is 6.16 Å². The van der Waals surface area contributed by atoms with E-state index in [9.17, 15) is 12.6 Å². The van der Waals surface area contributed by atoms with Gasteiger partial charge < -0.3 is 0 Å². The largest absolute Gasteiger partial charge is 0.573 e. The van der Waals surface area contributed by atoms with Crippen LogP contribution in [0.5, 0.6) is 0 Å². The van der Waals surface area contributed by atoms with E-state index in [-0.39, 0.29) is 0 Å². The van der Waals surface area contributed by atoms with Gasteiger partial charge in [-0.15, -0.1) is 0 Å². The summed E-state index contributed by atoms with van der Waals surface area (Å²) in [5.74, 6) is 2.31. The quantitative estimate of drug-likeness (QED) is 0.296. The van der Waals surface area contributed by atoms with E-state index in [0.717, 1.165) is 18.3 Å². The molecule has 1 aliphatic carbocycles. The Balaban J connectivity index is 1.85. The minimum Gasteiger partial charge on any atom is -0.0625 e. The summed E-state index contributed by atoms with van der Waals surface area (Å²) < 4.78 is 37.9. The Morgan fingerprint density at radius 1 is 0.966 bits per heavy atom. The number of hydrogen-bond acceptors (Lipinski definition) is 0. The summed E-state index contributed by atoms with van der Waals surface area (Å²) in [6.45, 7) is 9.45. The lowest BCUT2D eigenvalue weighted by Crippen LogP contribution is -2.21. The van der Waals surface area contributed by atoms with E-state index in [2.05, 4.69) is 27.7 Å². The first-order valence-corrected chi connectivity index (χ1v) is 15.7. The first-order chi connectivity index (χ1) is 13.7. The maximum atomic E-state index is 12.6. The maximum absolute atomic E-state index is 12.6. The van der Waals surface area contributed by atoms with Gasteiger partial charge in [0, 0.05) is 19.9 Å². The van der Waals surface area contributed by atoms with Crippen molar-refractivity contribution in [2.45, 2.75) is 78.3 Å². The standard InChI is InChI=1S/C24H41F3P2/c1-5-28(6-2,18-22-11-9-20(3)10-12-22)17-7-8-21(4)24-15-13-23(14-16-24)19-29(25,26)27/h13-16,20-22H,5-12,17-19H2,1-4H3/q+2. The molecule has 0 saturated heterocycles. The zero-order valence-corrected chi connectivity index (χ0v) is 20.6. The van der Waals surface area contributed by atoms with Gasteiger partial charge in [-0.2, -0.15) is 0 Å². The van der Waals surface area contributed by atoms with Crippen molar-refractivity contribution in [2.75, 3.05) is 24.6 Å². The molecule has 1 fully saturated rings. The second kappa shape index (κ2) is 11.5. The molecule has 1 saturated carbocycles. The summed E-state index contributed by atoms with van der Waals surface area (Å²) in [6.07, 6.45) is 13.0. The summed E-state index contributed by atoms with van der Waals surface area (Å²) in [5, 5.41) is 0. The highest BCUT2D eigenvalue weighted by Gasteiger charge is 2.43. The molecule has 0 bridgehead atoms. The molecule has 5 heteroatoms. The van der Waals surface area contributed by atoms with Crippen LogP contribution in [0, 0.1) is 11.8 Å². The van der Waals surface area contributed by atoms with Crippen LogP contribution in [-0.4, -0.2) is 24.6 Å². The fourth-order valence-corrected chi connectivity index (χ4v) is 9.72. The third-order valence-corrected chi connectivity index (χ3v) is 13.3. The SMILES string of the molecule is CC[P+](CC)(CCCC(C)c1ccc(C[P+](F)(F)F)cc1)CC1CCC(C)CC1. The van der Waals surface area contributed by atoms with Gasteiger partial charge in [-0.3, -0.25) is 0 Å². The van der Waals surface area contributed by atoms with Crippen molar-refractivity contribution >= 4 is 15.5 Å². The molecule has 1 unspecified atom stereocenters. The molecule has 1 aromatic carbocycles. The number of rotatable bonds is 11. The molecule has 0 nitrogen and oxygen atoms in total. The van der Waals surface area contributed by atoms with E-state index in [4.69, 9.17) is 0 Å². The van der Waals surface area contributed by atoms with Crippen LogP contribution >= 0.6 is 15.5 Å². The number of hydrogen-bond donors (Lipinski definition) is 0. The van der Waals surface area contributed by atoms with Crippen LogP contribution in [0.15, 0.2) is 24.3 Å². The van der Waals surface area contributed by atoms with E-state index < -0.39 is 21.6 Å². The average molecular weight is 449 g/mol. The summed E-state index contributed by atoms with van der Waals surface area (Å²) in [6, 6.07) is 7.19. The fourth-order valence-electron chi connectivity index (χ4n) is 5.01. The monoisotopic (exact) mass is 448 g/mol. The van der Waals surface area contributed by atoms with E-state index in [0.29, 0.717) is 11.5 Å². The van der Waals surface area contributed by atoms with E-state index in [1.807, 2.05) is 12.1 Å². The second-order valence-electron chi connectivity index (χ2n) is 9.50. The average Bonchev–Trinajstić information content (AvgIpc) is 2.68. The highest BCUT2D eigenvalue weighted by atomic mass is 31.3. The highest BCUT2D eigenvalue weighted by Crippen LogP contribution is 2.66. The van der Waals surface area contributed by atoms with E-state index in [1.54, 1.807) is 12.1 Å². The molecule has 0 spiro atoms. The van der Waals surface area contributed by atoms with Gasteiger partial charge in [0.2, 0.25) is 0 Å². The molecular weight excluding hydrogens is 407 g/mol. The maximum Gasteiger partial charge on any atom is 0.573 e. The lowest BCUT2D eigenvalue weighted by Gasteiger charge is -2.33. The Bertz CT molecular complexity index is 585. The van der Waals surface area contributed by atoms with Crippen molar-refractivity contribution in [3.05, 3.63) is 35.4 Å². The summed E-state index contributed by atoms with van der Waals surface area (Å²) in [5.41, 5.74) is 1.60. The molecule has 0 N–H and O–H groups in total. The Morgan fingerprint density at radius 3 is 2.07 bits per heavy atom. The summed E-state index contributed by atoms with van der Waals surface area (Å²) in [4.78, 5) is 0. The molecule has 0 amide bonds. The molecule has 2 rings (SSSR count). The van der Waals surface area contributed by atoms with Crippen LogP contribution in [0.1, 0.15) is 83.3 Å². The third-order valence-electron chi connectivity index (χ3n) is 7.30. The Kier molecular flexibility index (Phi) is 9.95. The lowest BCUT2D eigenvalue weighted by atomic mass is 9.84. The van der Waals surface area contributed by atoms with Crippen LogP contribution in [0.4, 0.5) is 12.6 Å². The van der Waals surface area contributed by atoms with Crippen molar-refractivity contribution < 1.29 is 12.6 Å². The highest BCUT2D eigenvalue weighted by molar-refractivity contribution is 7.75. The molecule has 0 radical (unpaired) electrons. The molecule has 1 atom stereocenters. The summed E-state index contributed by atoms with van der Waals surface area (Å²) >= 11 is 0. The fraction of sp³-hybridized carbons (Fsp3) is 0.750. The van der Waals surface area contributed by atoms with Gasteiger partial charge in [0.1, 0.15) is 0 Å². The molecule has 0 aliphatic heterocycles. The molecule has 1 aromatic rings. The number of halogens is 3. The Labute approximate surface area is 178 Å². The molecule has 29 heavy (non-hydrogen) atoms. The smallest absolute Gasteiger partial charge is 0.0625 e. The molecule has 166 valence electrons. The third kappa shape index (κ3) is 8.49. The predicted octanol–water partition coefficient (Wildman–Crippen LogP) is 9.63. The van der Waals surface area contributed by atoms with Gasteiger partial charge >= 0.3 is 8.19 Å². The van der Waals surface area contributed by atoms with E-state index in [1.165, 1.54) is 62.3 Å². The zero-order valence-electron chi connectivity index (χ0n) is 18.8. The molecule has 0 aromatic heterocycles. The number of benzene rings is 1. The van der Waals surface area contributed by atoms with Crippen molar-refractivity contribution in [2.24, 2.45) is 11.8 Å². The topological polar surface area (TPSA) is 0 Å². The van der Waals surface area contributed by atoms with Gasteiger partial charge in [0.25, 0.3) is 0 Å². The molecule has 0 heterocycles. The van der Waals surface area contributed by atoms with Gasteiger partial charge in [-0.1, -0.05) is 51.0 Å². The van der Waals surface area contributed by atoms with Crippen molar-refractivity contribution in [3.8, 4) is 0 Å². The first-order valence-electron chi connectivity index (χ1n) is 11.6. The molecule has 1 aliphatic rings.